The molecule has 1 saturated heterocycles. The van der Waals surface area contributed by atoms with Gasteiger partial charge < -0.3 is 15.0 Å². The summed E-state index contributed by atoms with van der Waals surface area (Å²) in [6.07, 6.45) is -8.76. The monoisotopic (exact) mass is 429 g/mol. The summed E-state index contributed by atoms with van der Waals surface area (Å²) < 4.78 is 80.9. The quantitative estimate of drug-likeness (QED) is 0.406. The maximum Gasteiger partial charge on any atom is 0.406 e. The molecule has 0 unspecified atom stereocenters. The van der Waals surface area contributed by atoms with Crippen molar-refractivity contribution in [2.75, 3.05) is 31.6 Å². The van der Waals surface area contributed by atoms with E-state index in [1.807, 2.05) is 0 Å². The van der Waals surface area contributed by atoms with Crippen LogP contribution in [0.3, 0.4) is 0 Å². The maximum absolute atomic E-state index is 12.6. The molecular formula is C16H17F6N3O4. The van der Waals surface area contributed by atoms with Crippen molar-refractivity contribution in [2.24, 2.45) is 0 Å². The van der Waals surface area contributed by atoms with Crippen LogP contribution >= 0.6 is 0 Å². The average Bonchev–Trinajstić information content (AvgIpc) is 3.09. The molecular weight excluding hydrogens is 412 g/mol. The molecule has 1 aliphatic heterocycles. The third-order valence-electron chi connectivity index (χ3n) is 4.01. The second-order valence-electron chi connectivity index (χ2n) is 6.40. The zero-order chi connectivity index (χ0) is 21.8. The number of hydrogen-bond acceptors (Lipinski definition) is 5. The van der Waals surface area contributed by atoms with Gasteiger partial charge in [-0.2, -0.15) is 26.3 Å². The van der Waals surface area contributed by atoms with Gasteiger partial charge in [0.2, 0.25) is 0 Å². The van der Waals surface area contributed by atoms with Crippen LogP contribution in [0.25, 0.3) is 0 Å². The molecule has 1 aromatic rings. The van der Waals surface area contributed by atoms with E-state index in [2.05, 4.69) is 5.32 Å². The normalized spacial score (nSPS) is 17.2. The van der Waals surface area contributed by atoms with Gasteiger partial charge in [-0.05, 0) is 25.0 Å². The molecule has 2 rings (SSSR count). The van der Waals surface area contributed by atoms with Crippen LogP contribution in [0.4, 0.5) is 37.7 Å². The molecule has 1 aliphatic rings. The lowest BCUT2D eigenvalue weighted by molar-refractivity contribution is -0.384. The lowest BCUT2D eigenvalue weighted by Crippen LogP contribution is -2.44. The summed E-state index contributed by atoms with van der Waals surface area (Å²) >= 11 is 0. The van der Waals surface area contributed by atoms with E-state index in [1.165, 1.54) is 0 Å². The van der Waals surface area contributed by atoms with Gasteiger partial charge in [-0.3, -0.25) is 14.9 Å². The maximum atomic E-state index is 12.6. The molecule has 1 aromatic carbocycles. The predicted octanol–water partition coefficient (Wildman–Crippen LogP) is 3.75. The van der Waals surface area contributed by atoms with Crippen LogP contribution in [-0.4, -0.2) is 60.4 Å². The van der Waals surface area contributed by atoms with E-state index < -0.39 is 52.4 Å². The fourth-order valence-corrected chi connectivity index (χ4v) is 2.81. The molecule has 0 radical (unpaired) electrons. The van der Waals surface area contributed by atoms with Gasteiger partial charge in [-0.25, -0.2) is 0 Å². The first-order chi connectivity index (χ1) is 13.4. The SMILES string of the molecule is O=C(c1ccc(NC[C@@H]2CCCO2)c([N+](=O)[O-])c1)N(CC(F)(F)F)CC(F)(F)F. The largest absolute Gasteiger partial charge is 0.406 e. The van der Waals surface area contributed by atoms with Gasteiger partial charge >= 0.3 is 12.4 Å². The third kappa shape index (κ3) is 7.07. The summed E-state index contributed by atoms with van der Waals surface area (Å²) in [4.78, 5) is 22.2. The van der Waals surface area contributed by atoms with E-state index in [0.29, 0.717) is 12.7 Å². The molecule has 1 amide bonds. The van der Waals surface area contributed by atoms with Crippen LogP contribution in [0.15, 0.2) is 18.2 Å². The van der Waals surface area contributed by atoms with Crippen molar-refractivity contribution in [3.63, 3.8) is 0 Å². The first kappa shape index (κ1) is 22.7. The Morgan fingerprint density at radius 3 is 2.31 bits per heavy atom. The summed E-state index contributed by atoms with van der Waals surface area (Å²) in [5, 5.41) is 14.0. The molecule has 0 spiro atoms. The first-order valence-electron chi connectivity index (χ1n) is 8.42. The average molecular weight is 429 g/mol. The molecule has 1 atom stereocenters. The van der Waals surface area contributed by atoms with Crippen LogP contribution in [0.5, 0.6) is 0 Å². The molecule has 0 saturated carbocycles. The number of nitro groups is 1. The topological polar surface area (TPSA) is 84.7 Å². The molecule has 29 heavy (non-hydrogen) atoms. The van der Waals surface area contributed by atoms with E-state index >= 15 is 0 Å². The van der Waals surface area contributed by atoms with Gasteiger partial charge in [0.15, 0.2) is 0 Å². The minimum absolute atomic E-state index is 0.0276. The van der Waals surface area contributed by atoms with Gasteiger partial charge in [0.1, 0.15) is 18.8 Å². The minimum Gasteiger partial charge on any atom is -0.377 e. The smallest absolute Gasteiger partial charge is 0.377 e. The summed E-state index contributed by atoms with van der Waals surface area (Å²) in [5.41, 5.74) is -1.33. The zero-order valence-electron chi connectivity index (χ0n) is 14.8. The first-order valence-corrected chi connectivity index (χ1v) is 8.42. The van der Waals surface area contributed by atoms with E-state index in [4.69, 9.17) is 4.74 Å². The van der Waals surface area contributed by atoms with Crippen molar-refractivity contribution in [2.45, 2.75) is 31.3 Å². The zero-order valence-corrected chi connectivity index (χ0v) is 14.8. The Kier molecular flexibility index (Phi) is 6.93. The number of alkyl halides is 6. The summed E-state index contributed by atoms with van der Waals surface area (Å²) in [5.74, 6) is -1.62. The number of hydrogen-bond donors (Lipinski definition) is 1. The number of carbonyl (C=O) groups is 1. The Labute approximate surface area is 160 Å². The number of halogens is 6. The number of benzene rings is 1. The van der Waals surface area contributed by atoms with Crippen molar-refractivity contribution in [1.29, 1.82) is 0 Å². The molecule has 1 N–H and O–H groups in total. The lowest BCUT2D eigenvalue weighted by atomic mass is 10.1. The van der Waals surface area contributed by atoms with Crippen molar-refractivity contribution >= 4 is 17.3 Å². The van der Waals surface area contributed by atoms with Crippen LogP contribution in [0.2, 0.25) is 0 Å². The Morgan fingerprint density at radius 1 is 1.21 bits per heavy atom. The number of nitro benzene ring substituents is 1. The number of rotatable bonds is 7. The fourth-order valence-electron chi connectivity index (χ4n) is 2.81. The van der Waals surface area contributed by atoms with Crippen LogP contribution < -0.4 is 5.32 Å². The standard InChI is InChI=1S/C16H17F6N3O4/c17-15(18,19)8-24(9-16(20,21)22)14(26)10-3-4-12(13(6-10)25(27)28)23-7-11-2-1-5-29-11/h3-4,6,11,23H,1-2,5,7-9H2/t11-/m0/s1. The highest BCUT2D eigenvalue weighted by molar-refractivity contribution is 5.95. The number of ether oxygens (including phenoxy) is 1. The van der Waals surface area contributed by atoms with E-state index in [1.54, 1.807) is 0 Å². The summed E-state index contributed by atoms with van der Waals surface area (Å²) in [7, 11) is 0. The predicted molar refractivity (Wildman–Crippen MR) is 88.6 cm³/mol. The van der Waals surface area contributed by atoms with Gasteiger partial charge in [0.25, 0.3) is 11.6 Å². The number of carbonyl (C=O) groups excluding carboxylic acids is 1. The molecule has 0 bridgehead atoms. The second-order valence-corrected chi connectivity index (χ2v) is 6.40. The molecule has 1 heterocycles. The Morgan fingerprint density at radius 2 is 1.83 bits per heavy atom. The highest BCUT2D eigenvalue weighted by Gasteiger charge is 2.40. The molecule has 162 valence electrons. The van der Waals surface area contributed by atoms with Gasteiger partial charge in [0.05, 0.1) is 11.0 Å². The minimum atomic E-state index is -5.07. The van der Waals surface area contributed by atoms with E-state index in [-0.39, 0.29) is 18.3 Å². The Balaban J connectivity index is 2.24. The number of nitrogens with zero attached hydrogens (tertiary/aromatic N) is 2. The molecule has 1 fully saturated rings. The summed E-state index contributed by atoms with van der Waals surface area (Å²) in [6.45, 7) is -3.51. The number of nitrogens with one attached hydrogen (secondary N) is 1. The van der Waals surface area contributed by atoms with Crippen LogP contribution in [0.1, 0.15) is 23.2 Å². The van der Waals surface area contributed by atoms with Gasteiger partial charge in [-0.1, -0.05) is 0 Å². The third-order valence-corrected chi connectivity index (χ3v) is 4.01. The number of amides is 1. The van der Waals surface area contributed by atoms with E-state index in [0.717, 1.165) is 25.0 Å². The van der Waals surface area contributed by atoms with Crippen LogP contribution in [0, 0.1) is 10.1 Å². The Hall–Kier alpha value is -2.57. The highest BCUT2D eigenvalue weighted by atomic mass is 19.4. The van der Waals surface area contributed by atoms with Gasteiger partial charge in [0, 0.05) is 24.8 Å². The molecule has 13 heteroatoms. The number of anilines is 1. The van der Waals surface area contributed by atoms with Crippen molar-refractivity contribution < 1.29 is 40.8 Å². The highest BCUT2D eigenvalue weighted by Crippen LogP contribution is 2.29. The summed E-state index contributed by atoms with van der Waals surface area (Å²) in [6, 6.07) is 2.66. The second kappa shape index (κ2) is 8.84. The van der Waals surface area contributed by atoms with Crippen LogP contribution in [-0.2, 0) is 4.74 Å². The fraction of sp³-hybridized carbons (Fsp3) is 0.562. The molecule has 0 aliphatic carbocycles. The Bertz CT molecular complexity index is 731. The molecule has 7 nitrogen and oxygen atoms in total. The van der Waals surface area contributed by atoms with Crippen molar-refractivity contribution in [3.05, 3.63) is 33.9 Å². The van der Waals surface area contributed by atoms with E-state index in [9.17, 15) is 41.3 Å². The van der Waals surface area contributed by atoms with Gasteiger partial charge in [-0.15, -0.1) is 0 Å². The molecule has 0 aromatic heterocycles. The van der Waals surface area contributed by atoms with Crippen molar-refractivity contribution in [1.82, 2.24) is 4.90 Å². The lowest BCUT2D eigenvalue weighted by Gasteiger charge is -2.25. The van der Waals surface area contributed by atoms with Crippen molar-refractivity contribution in [3.8, 4) is 0 Å².